The maximum absolute atomic E-state index is 2.30. The molecule has 1 heterocycles. The molecule has 2 aromatic rings. The zero-order valence-electron chi connectivity index (χ0n) is 10.0. The summed E-state index contributed by atoms with van der Waals surface area (Å²) in [6.45, 7) is 0. The van der Waals surface area contributed by atoms with Gasteiger partial charge >= 0.3 is 0 Å². The van der Waals surface area contributed by atoms with Crippen molar-refractivity contribution in [2.24, 2.45) is 0 Å². The minimum atomic E-state index is 1.02. The van der Waals surface area contributed by atoms with Gasteiger partial charge in [0.1, 0.15) is 0 Å². The Morgan fingerprint density at radius 2 is 1.06 bits per heavy atom. The van der Waals surface area contributed by atoms with Crippen LogP contribution in [0.4, 0.5) is 0 Å². The molecule has 0 saturated carbocycles. The fourth-order valence-corrected chi connectivity index (χ4v) is 3.14. The Bertz CT molecular complexity index is 526. The van der Waals surface area contributed by atoms with Gasteiger partial charge in [-0.1, -0.05) is 84.6 Å². The van der Waals surface area contributed by atoms with Crippen molar-refractivity contribution in [2.45, 2.75) is 6.42 Å². The highest BCUT2D eigenvalue weighted by Crippen LogP contribution is 2.42. The van der Waals surface area contributed by atoms with Gasteiger partial charge in [-0.15, -0.1) is 0 Å². The fraction of sp³-hybridized carbons (Fsp3) is 0.0588. The summed E-state index contributed by atoms with van der Waals surface area (Å²) >= 11 is 1.86. The lowest BCUT2D eigenvalue weighted by molar-refractivity contribution is 1.40. The molecule has 0 radical (unpaired) electrons. The fourth-order valence-electron chi connectivity index (χ4n) is 2.03. The van der Waals surface area contributed by atoms with Crippen LogP contribution in [0.5, 0.6) is 0 Å². The Balaban J connectivity index is 1.85. The Morgan fingerprint density at radius 3 is 1.50 bits per heavy atom. The van der Waals surface area contributed by atoms with Gasteiger partial charge in [0.05, 0.1) is 0 Å². The van der Waals surface area contributed by atoms with Crippen LogP contribution in [0.2, 0.25) is 0 Å². The van der Waals surface area contributed by atoms with Gasteiger partial charge in [-0.2, -0.15) is 0 Å². The summed E-state index contributed by atoms with van der Waals surface area (Å²) < 4.78 is 0. The van der Waals surface area contributed by atoms with Gasteiger partial charge in [0, 0.05) is 9.81 Å². The predicted molar refractivity (Wildman–Crippen MR) is 81.0 cm³/mol. The molecule has 0 N–H and O–H groups in total. The number of thioether (sulfide) groups is 1. The molecule has 1 aliphatic heterocycles. The van der Waals surface area contributed by atoms with Crippen molar-refractivity contribution in [2.75, 3.05) is 0 Å². The summed E-state index contributed by atoms with van der Waals surface area (Å²) in [5, 5.41) is 0. The summed E-state index contributed by atoms with van der Waals surface area (Å²) in [6, 6.07) is 21.2. The lowest BCUT2D eigenvalue weighted by Gasteiger charge is -2.15. The van der Waals surface area contributed by atoms with Gasteiger partial charge in [-0.25, -0.2) is 0 Å². The van der Waals surface area contributed by atoms with Crippen LogP contribution in [0.25, 0.3) is 9.81 Å². The van der Waals surface area contributed by atoms with Crippen LogP contribution in [-0.4, -0.2) is 0 Å². The van der Waals surface area contributed by atoms with Crippen molar-refractivity contribution in [1.82, 2.24) is 0 Å². The zero-order valence-corrected chi connectivity index (χ0v) is 10.9. The van der Waals surface area contributed by atoms with Gasteiger partial charge in [0.25, 0.3) is 0 Å². The largest absolute Gasteiger partial charge is 0.0895 e. The highest BCUT2D eigenvalue weighted by Gasteiger charge is 2.11. The van der Waals surface area contributed by atoms with E-state index in [0.717, 1.165) is 6.42 Å². The van der Waals surface area contributed by atoms with E-state index in [1.54, 1.807) is 0 Å². The SMILES string of the molecule is C1=C(c2ccccc2)SC(c2ccccc2)=CC1. The van der Waals surface area contributed by atoms with Crippen LogP contribution >= 0.6 is 11.8 Å². The van der Waals surface area contributed by atoms with E-state index in [9.17, 15) is 0 Å². The predicted octanol–water partition coefficient (Wildman–Crippen LogP) is 5.21. The third kappa shape index (κ3) is 2.41. The first-order chi connectivity index (χ1) is 8.93. The van der Waals surface area contributed by atoms with Crippen LogP contribution < -0.4 is 0 Å². The molecule has 18 heavy (non-hydrogen) atoms. The van der Waals surface area contributed by atoms with Crippen LogP contribution in [-0.2, 0) is 0 Å². The highest BCUT2D eigenvalue weighted by atomic mass is 32.2. The number of rotatable bonds is 2. The van der Waals surface area contributed by atoms with Gasteiger partial charge in [0.15, 0.2) is 0 Å². The summed E-state index contributed by atoms with van der Waals surface area (Å²) in [5.74, 6) is 0. The summed E-state index contributed by atoms with van der Waals surface area (Å²) in [6.07, 6.45) is 5.61. The first-order valence-corrected chi connectivity index (χ1v) is 6.94. The average molecular weight is 250 g/mol. The number of hydrogen-bond acceptors (Lipinski definition) is 1. The molecule has 0 fully saturated rings. The van der Waals surface area contributed by atoms with Gasteiger partial charge in [-0.05, 0) is 17.5 Å². The van der Waals surface area contributed by atoms with Crippen molar-refractivity contribution < 1.29 is 0 Å². The van der Waals surface area contributed by atoms with E-state index < -0.39 is 0 Å². The van der Waals surface area contributed by atoms with Gasteiger partial charge in [-0.3, -0.25) is 0 Å². The third-order valence-electron chi connectivity index (χ3n) is 2.94. The van der Waals surface area contributed by atoms with Gasteiger partial charge in [0.2, 0.25) is 0 Å². The molecule has 0 aromatic heterocycles. The van der Waals surface area contributed by atoms with Gasteiger partial charge < -0.3 is 0 Å². The first kappa shape index (κ1) is 11.4. The Labute approximate surface area is 112 Å². The molecule has 1 aliphatic rings. The van der Waals surface area contributed by atoms with Crippen molar-refractivity contribution in [3.05, 3.63) is 83.9 Å². The maximum atomic E-state index is 2.30. The van der Waals surface area contributed by atoms with Crippen LogP contribution in [0.3, 0.4) is 0 Å². The lowest BCUT2D eigenvalue weighted by atomic mass is 10.1. The Kier molecular flexibility index (Phi) is 3.33. The molecule has 0 saturated heterocycles. The molecule has 88 valence electrons. The molecular weight excluding hydrogens is 236 g/mol. The normalized spacial score (nSPS) is 14.9. The molecule has 0 bridgehead atoms. The first-order valence-electron chi connectivity index (χ1n) is 6.12. The topological polar surface area (TPSA) is 0 Å². The molecule has 2 aromatic carbocycles. The second-order valence-electron chi connectivity index (χ2n) is 4.21. The van der Waals surface area contributed by atoms with Crippen molar-refractivity contribution >= 4 is 21.6 Å². The van der Waals surface area contributed by atoms with E-state index in [2.05, 4.69) is 72.8 Å². The van der Waals surface area contributed by atoms with Crippen molar-refractivity contribution in [3.63, 3.8) is 0 Å². The van der Waals surface area contributed by atoms with E-state index >= 15 is 0 Å². The Hall–Kier alpha value is -1.73. The van der Waals surface area contributed by atoms with E-state index in [1.807, 2.05) is 11.8 Å². The summed E-state index contributed by atoms with van der Waals surface area (Å²) in [7, 11) is 0. The number of benzene rings is 2. The summed E-state index contributed by atoms with van der Waals surface area (Å²) in [4.78, 5) is 2.72. The maximum Gasteiger partial charge on any atom is 0.0158 e. The molecule has 0 spiro atoms. The molecule has 0 atom stereocenters. The van der Waals surface area contributed by atoms with Crippen molar-refractivity contribution in [3.8, 4) is 0 Å². The Morgan fingerprint density at radius 1 is 0.611 bits per heavy atom. The average Bonchev–Trinajstić information content (AvgIpc) is 2.49. The minimum absolute atomic E-state index is 1.02. The van der Waals surface area contributed by atoms with Crippen LogP contribution in [0, 0.1) is 0 Å². The van der Waals surface area contributed by atoms with E-state index in [0.29, 0.717) is 0 Å². The molecular formula is C17H14S. The quantitative estimate of drug-likeness (QED) is 0.705. The van der Waals surface area contributed by atoms with Crippen LogP contribution in [0.1, 0.15) is 17.5 Å². The molecule has 0 unspecified atom stereocenters. The monoisotopic (exact) mass is 250 g/mol. The van der Waals surface area contributed by atoms with E-state index in [1.165, 1.54) is 20.9 Å². The van der Waals surface area contributed by atoms with E-state index in [4.69, 9.17) is 0 Å². The standard InChI is InChI=1S/C17H14S/c1-3-8-14(9-4-1)16-12-7-13-17(18-16)15-10-5-2-6-11-15/h1-6,8-13H,7H2. The minimum Gasteiger partial charge on any atom is -0.0895 e. The van der Waals surface area contributed by atoms with Crippen LogP contribution in [0.15, 0.2) is 72.8 Å². The lowest BCUT2D eigenvalue weighted by Crippen LogP contribution is -1.87. The van der Waals surface area contributed by atoms with E-state index in [-0.39, 0.29) is 0 Å². The summed E-state index contributed by atoms with van der Waals surface area (Å²) in [5.41, 5.74) is 2.62. The molecule has 0 aliphatic carbocycles. The number of allylic oxidation sites excluding steroid dienone is 2. The number of hydrogen-bond donors (Lipinski definition) is 0. The highest BCUT2D eigenvalue weighted by molar-refractivity contribution is 8.16. The molecule has 0 amide bonds. The smallest absolute Gasteiger partial charge is 0.0158 e. The molecule has 0 nitrogen and oxygen atoms in total. The third-order valence-corrected chi connectivity index (χ3v) is 4.19. The second kappa shape index (κ2) is 5.28. The second-order valence-corrected chi connectivity index (χ2v) is 5.29. The van der Waals surface area contributed by atoms with Crippen molar-refractivity contribution in [1.29, 1.82) is 0 Å². The molecule has 1 heteroatoms. The molecule has 3 rings (SSSR count). The zero-order chi connectivity index (χ0) is 12.2.